The first kappa shape index (κ1) is 11.7. The van der Waals surface area contributed by atoms with Crippen LogP contribution in [-0.2, 0) is 4.79 Å². The average molecular weight is 221 g/mol. The lowest BCUT2D eigenvalue weighted by atomic mass is 10.1. The first-order valence-electron chi connectivity index (χ1n) is 4.27. The largest absolute Gasteiger partial charge is 0.496 e. The van der Waals surface area contributed by atoms with Crippen LogP contribution >= 0.6 is 0 Å². The molecule has 1 rings (SSSR count). The Morgan fingerprint density at radius 2 is 2.31 bits per heavy atom. The molecular formula is C11H8FNO3. The van der Waals surface area contributed by atoms with Crippen molar-refractivity contribution in [3.8, 4) is 11.8 Å². The zero-order valence-corrected chi connectivity index (χ0v) is 8.40. The lowest BCUT2D eigenvalue weighted by molar-refractivity contribution is -0.131. The molecule has 0 unspecified atom stereocenters. The second-order valence-electron chi connectivity index (χ2n) is 2.85. The summed E-state index contributed by atoms with van der Waals surface area (Å²) >= 11 is 0. The Labute approximate surface area is 91.2 Å². The summed E-state index contributed by atoms with van der Waals surface area (Å²) in [5.41, 5.74) is 0.267. The molecule has 0 aliphatic rings. The van der Waals surface area contributed by atoms with Crippen molar-refractivity contribution >= 4 is 12.0 Å². The SMILES string of the molecule is COc1cc(F)cc(C#N)c1/C=C/C(=O)O. The van der Waals surface area contributed by atoms with Gasteiger partial charge in [0.15, 0.2) is 0 Å². The van der Waals surface area contributed by atoms with E-state index in [2.05, 4.69) is 0 Å². The van der Waals surface area contributed by atoms with Gasteiger partial charge < -0.3 is 9.84 Å². The standard InChI is InChI=1S/C11H8FNO3/c1-16-10-5-8(12)4-7(6-13)9(10)2-3-11(14)15/h2-5H,1H3,(H,14,15)/b3-2+. The van der Waals surface area contributed by atoms with Gasteiger partial charge in [0.2, 0.25) is 0 Å². The Morgan fingerprint density at radius 3 is 2.81 bits per heavy atom. The van der Waals surface area contributed by atoms with Gasteiger partial charge in [-0.05, 0) is 12.1 Å². The summed E-state index contributed by atoms with van der Waals surface area (Å²) in [6.45, 7) is 0. The molecule has 82 valence electrons. The number of ether oxygens (including phenoxy) is 1. The van der Waals surface area contributed by atoms with Crippen molar-refractivity contribution in [3.63, 3.8) is 0 Å². The Morgan fingerprint density at radius 1 is 1.62 bits per heavy atom. The second kappa shape index (κ2) is 4.94. The maximum atomic E-state index is 13.0. The highest BCUT2D eigenvalue weighted by Gasteiger charge is 2.09. The zero-order chi connectivity index (χ0) is 12.1. The van der Waals surface area contributed by atoms with Crippen LogP contribution in [0.1, 0.15) is 11.1 Å². The highest BCUT2D eigenvalue weighted by molar-refractivity contribution is 5.86. The predicted molar refractivity (Wildman–Crippen MR) is 54.3 cm³/mol. The van der Waals surface area contributed by atoms with E-state index < -0.39 is 11.8 Å². The van der Waals surface area contributed by atoms with Crippen molar-refractivity contribution in [3.05, 3.63) is 35.2 Å². The highest BCUT2D eigenvalue weighted by Crippen LogP contribution is 2.25. The molecule has 5 heteroatoms. The van der Waals surface area contributed by atoms with E-state index in [0.29, 0.717) is 0 Å². The van der Waals surface area contributed by atoms with E-state index in [1.165, 1.54) is 13.2 Å². The van der Waals surface area contributed by atoms with Gasteiger partial charge in [-0.3, -0.25) is 0 Å². The van der Waals surface area contributed by atoms with Gasteiger partial charge in [-0.25, -0.2) is 9.18 Å². The molecule has 0 saturated carbocycles. The van der Waals surface area contributed by atoms with Gasteiger partial charge in [0, 0.05) is 17.7 Å². The summed E-state index contributed by atoms with van der Waals surface area (Å²) in [5.74, 6) is -1.65. The minimum absolute atomic E-state index is 0.0225. The number of benzene rings is 1. The molecule has 1 aromatic carbocycles. The Bertz CT molecular complexity index is 489. The molecule has 0 aromatic heterocycles. The molecule has 0 radical (unpaired) electrons. The molecule has 1 N–H and O–H groups in total. The van der Waals surface area contributed by atoms with Crippen molar-refractivity contribution in [2.75, 3.05) is 7.11 Å². The van der Waals surface area contributed by atoms with Gasteiger partial charge in [-0.2, -0.15) is 5.26 Å². The van der Waals surface area contributed by atoms with Gasteiger partial charge in [0.05, 0.1) is 18.7 Å². The van der Waals surface area contributed by atoms with Crippen LogP contribution in [0.2, 0.25) is 0 Å². The number of carbonyl (C=O) groups is 1. The van der Waals surface area contributed by atoms with Crippen molar-refractivity contribution in [1.29, 1.82) is 5.26 Å². The maximum absolute atomic E-state index is 13.0. The number of rotatable bonds is 3. The molecule has 0 amide bonds. The molecule has 0 fully saturated rings. The van der Waals surface area contributed by atoms with Crippen LogP contribution in [0.4, 0.5) is 4.39 Å². The van der Waals surface area contributed by atoms with Gasteiger partial charge in [0.1, 0.15) is 11.6 Å². The van der Waals surface area contributed by atoms with Gasteiger partial charge in [-0.15, -0.1) is 0 Å². The molecule has 0 atom stereocenters. The minimum atomic E-state index is -1.16. The molecule has 1 aromatic rings. The van der Waals surface area contributed by atoms with Crippen LogP contribution in [0.25, 0.3) is 6.08 Å². The first-order chi connectivity index (χ1) is 7.58. The van der Waals surface area contributed by atoms with E-state index in [1.54, 1.807) is 6.07 Å². The molecule has 0 spiro atoms. The summed E-state index contributed by atoms with van der Waals surface area (Å²) in [5, 5.41) is 17.2. The fourth-order valence-corrected chi connectivity index (χ4v) is 1.18. The number of aliphatic carboxylic acids is 1. The van der Waals surface area contributed by atoms with Gasteiger partial charge in [0.25, 0.3) is 0 Å². The number of nitriles is 1. The molecular weight excluding hydrogens is 213 g/mol. The van der Waals surface area contributed by atoms with Gasteiger partial charge in [-0.1, -0.05) is 0 Å². The summed E-state index contributed by atoms with van der Waals surface area (Å²) in [6.07, 6.45) is 2.05. The molecule has 16 heavy (non-hydrogen) atoms. The van der Waals surface area contributed by atoms with Crippen molar-refractivity contribution < 1.29 is 19.0 Å². The normalized spacial score (nSPS) is 10.1. The predicted octanol–water partition coefficient (Wildman–Crippen LogP) is 1.80. The third kappa shape index (κ3) is 2.58. The van der Waals surface area contributed by atoms with Crippen LogP contribution in [0.5, 0.6) is 5.75 Å². The fourth-order valence-electron chi connectivity index (χ4n) is 1.18. The summed E-state index contributed by atoms with van der Waals surface area (Å²) in [4.78, 5) is 10.4. The number of methoxy groups -OCH3 is 1. The van der Waals surface area contributed by atoms with E-state index in [1.807, 2.05) is 0 Å². The number of hydrogen-bond acceptors (Lipinski definition) is 3. The number of halogens is 1. The summed E-state index contributed by atoms with van der Waals surface area (Å²) in [6, 6.07) is 3.87. The first-order valence-corrected chi connectivity index (χ1v) is 4.27. The maximum Gasteiger partial charge on any atom is 0.328 e. The fraction of sp³-hybridized carbons (Fsp3) is 0.0909. The average Bonchev–Trinajstić information content (AvgIpc) is 2.25. The van der Waals surface area contributed by atoms with E-state index in [9.17, 15) is 9.18 Å². The Balaban J connectivity index is 3.34. The van der Waals surface area contributed by atoms with E-state index in [0.717, 1.165) is 18.2 Å². The van der Waals surface area contributed by atoms with E-state index in [-0.39, 0.29) is 16.9 Å². The number of hydrogen-bond donors (Lipinski definition) is 1. The Kier molecular flexibility index (Phi) is 3.62. The molecule has 0 aliphatic carbocycles. The van der Waals surface area contributed by atoms with Crippen molar-refractivity contribution in [1.82, 2.24) is 0 Å². The van der Waals surface area contributed by atoms with E-state index in [4.69, 9.17) is 15.1 Å². The van der Waals surface area contributed by atoms with Crippen LogP contribution in [0.3, 0.4) is 0 Å². The van der Waals surface area contributed by atoms with Crippen molar-refractivity contribution in [2.45, 2.75) is 0 Å². The van der Waals surface area contributed by atoms with Crippen molar-refractivity contribution in [2.24, 2.45) is 0 Å². The van der Waals surface area contributed by atoms with Gasteiger partial charge >= 0.3 is 5.97 Å². The van der Waals surface area contributed by atoms with Crippen LogP contribution in [-0.4, -0.2) is 18.2 Å². The smallest absolute Gasteiger partial charge is 0.328 e. The minimum Gasteiger partial charge on any atom is -0.496 e. The molecule has 0 heterocycles. The zero-order valence-electron chi connectivity index (χ0n) is 8.40. The number of nitrogens with zero attached hydrogens (tertiary/aromatic N) is 1. The molecule has 0 aliphatic heterocycles. The summed E-state index contributed by atoms with van der Waals surface area (Å²) < 4.78 is 17.9. The monoisotopic (exact) mass is 221 g/mol. The number of carboxylic acids is 1. The van der Waals surface area contributed by atoms with E-state index >= 15 is 0 Å². The third-order valence-electron chi connectivity index (χ3n) is 1.84. The summed E-state index contributed by atoms with van der Waals surface area (Å²) in [7, 11) is 1.31. The lowest BCUT2D eigenvalue weighted by Gasteiger charge is -2.06. The highest BCUT2D eigenvalue weighted by atomic mass is 19.1. The Hall–Kier alpha value is -2.35. The second-order valence-corrected chi connectivity index (χ2v) is 2.85. The molecule has 0 bridgehead atoms. The third-order valence-corrected chi connectivity index (χ3v) is 1.84. The lowest BCUT2D eigenvalue weighted by Crippen LogP contribution is -1.94. The van der Waals surface area contributed by atoms with Crippen LogP contribution < -0.4 is 4.74 Å². The quantitative estimate of drug-likeness (QED) is 0.790. The molecule has 4 nitrogen and oxygen atoms in total. The number of carboxylic acid groups (broad SMARTS) is 1. The topological polar surface area (TPSA) is 70.3 Å². The van der Waals surface area contributed by atoms with Crippen LogP contribution in [0.15, 0.2) is 18.2 Å². The van der Waals surface area contributed by atoms with Crippen LogP contribution in [0, 0.1) is 17.1 Å². The molecule has 0 saturated heterocycles.